The number of nitrogen functional groups attached to an aromatic ring is 1. The highest BCUT2D eigenvalue weighted by atomic mass is 32.2. The summed E-state index contributed by atoms with van der Waals surface area (Å²) in [6, 6.07) is 18.9. The molecular weight excluding hydrogens is 590 g/mol. The van der Waals surface area contributed by atoms with Gasteiger partial charge in [-0.3, -0.25) is 9.46 Å². The molecule has 1 saturated carbocycles. The maximum atomic E-state index is 14.6. The lowest BCUT2D eigenvalue weighted by Gasteiger charge is -2.15. The number of halogens is 4. The molecular formula is C30H29F4N3O3S2. The minimum absolute atomic E-state index is 0.0327. The zero-order valence-corrected chi connectivity index (χ0v) is 24.4. The molecule has 5 rings (SSSR count). The number of benzene rings is 3. The van der Waals surface area contributed by atoms with E-state index < -0.39 is 33.2 Å². The Balaban J connectivity index is 1.56. The molecule has 0 unspecified atom stereocenters. The minimum atomic E-state index is -4.68. The van der Waals surface area contributed by atoms with Crippen LogP contribution in [-0.2, 0) is 14.8 Å². The van der Waals surface area contributed by atoms with E-state index >= 15 is 0 Å². The summed E-state index contributed by atoms with van der Waals surface area (Å²) in [5.74, 6) is -1.04. The highest BCUT2D eigenvalue weighted by molar-refractivity contribution is 7.93. The number of thiazole rings is 1. The Bertz CT molecular complexity index is 1700. The monoisotopic (exact) mass is 619 g/mol. The molecule has 0 amide bonds. The zero-order valence-electron chi connectivity index (χ0n) is 22.8. The fraction of sp³-hybridized carbons (Fsp3) is 0.300. The van der Waals surface area contributed by atoms with Gasteiger partial charge in [-0.25, -0.2) is 17.8 Å². The molecule has 3 N–H and O–H groups in total. The van der Waals surface area contributed by atoms with Gasteiger partial charge in [0.1, 0.15) is 4.90 Å². The van der Waals surface area contributed by atoms with Crippen LogP contribution in [0.25, 0.3) is 21.7 Å². The third-order valence-corrected chi connectivity index (χ3v) is 9.78. The van der Waals surface area contributed by atoms with Gasteiger partial charge in [-0.1, -0.05) is 73.7 Å². The second kappa shape index (κ2) is 11.7. The van der Waals surface area contributed by atoms with Crippen molar-refractivity contribution < 1.29 is 30.7 Å². The molecule has 2 atom stereocenters. The first-order valence-electron chi connectivity index (χ1n) is 13.3. The van der Waals surface area contributed by atoms with Gasteiger partial charge in [-0.2, -0.15) is 0 Å². The number of ether oxygens (including phenoxy) is 1. The van der Waals surface area contributed by atoms with Crippen LogP contribution in [0.5, 0.6) is 0 Å². The van der Waals surface area contributed by atoms with Crippen LogP contribution in [0.4, 0.5) is 28.4 Å². The topological polar surface area (TPSA) is 94.3 Å². The molecule has 4 aromatic rings. The van der Waals surface area contributed by atoms with Gasteiger partial charge >= 0.3 is 6.36 Å². The van der Waals surface area contributed by atoms with Crippen LogP contribution in [0.3, 0.4) is 0 Å². The summed E-state index contributed by atoms with van der Waals surface area (Å²) in [4.78, 5) is 4.74. The molecule has 6 nitrogen and oxygen atoms in total. The molecule has 0 radical (unpaired) electrons. The van der Waals surface area contributed by atoms with E-state index in [-0.39, 0.29) is 29.1 Å². The Labute approximate surface area is 245 Å². The minimum Gasteiger partial charge on any atom is -0.396 e. The Hall–Kier alpha value is -3.48. The lowest BCUT2D eigenvalue weighted by molar-refractivity contribution is -0.341. The fourth-order valence-corrected chi connectivity index (χ4v) is 7.66. The number of alkyl halides is 3. The number of nitrogens with one attached hydrogen (secondary N) is 1. The van der Waals surface area contributed by atoms with Crippen molar-refractivity contribution in [3.63, 3.8) is 0 Å². The van der Waals surface area contributed by atoms with Crippen LogP contribution in [0.1, 0.15) is 56.1 Å². The molecule has 0 spiro atoms. The summed E-state index contributed by atoms with van der Waals surface area (Å²) in [5.41, 5.74) is 9.25. The average Bonchev–Trinajstić information content (AvgIpc) is 3.56. The second-order valence-electron chi connectivity index (χ2n) is 10.5. The van der Waals surface area contributed by atoms with Gasteiger partial charge in [-0.15, -0.1) is 13.2 Å². The molecule has 1 aromatic heterocycles. The molecule has 0 aliphatic heterocycles. The number of nitrogens with two attached hydrogens (primary N) is 1. The Morgan fingerprint density at radius 2 is 1.79 bits per heavy atom. The van der Waals surface area contributed by atoms with E-state index in [1.54, 1.807) is 0 Å². The van der Waals surface area contributed by atoms with Gasteiger partial charge in [-0.05, 0) is 66.0 Å². The van der Waals surface area contributed by atoms with Gasteiger partial charge in [0.25, 0.3) is 10.0 Å². The number of rotatable bonds is 8. The van der Waals surface area contributed by atoms with E-state index in [4.69, 9.17) is 5.73 Å². The van der Waals surface area contributed by atoms with E-state index in [9.17, 15) is 26.0 Å². The highest BCUT2D eigenvalue weighted by Crippen LogP contribution is 2.44. The standard InChI is InChI=1S/C30H29F4N3O3S2/c1-17(2)22-9-3-4-10-23(22)27-28(41-29(36-27)37-42(38,39)25-12-6-11-24(35)26(25)31)20-8-5-7-18(15-20)19-13-14-21(16-19)40-30(32,33)34/h3-12,15,17,19,21H,13-14,16,35H2,1-2H3,(H,36,37)/t19-,21-/m1/s1. The van der Waals surface area contributed by atoms with Crippen molar-refractivity contribution in [3.05, 3.63) is 83.7 Å². The summed E-state index contributed by atoms with van der Waals surface area (Å²) >= 11 is 1.09. The first kappa shape index (κ1) is 30.0. The quantitative estimate of drug-likeness (QED) is 0.153. The number of hydrogen-bond donors (Lipinski definition) is 2. The average molecular weight is 620 g/mol. The Morgan fingerprint density at radius 3 is 2.52 bits per heavy atom. The first-order chi connectivity index (χ1) is 19.8. The smallest absolute Gasteiger partial charge is 0.396 e. The molecule has 12 heteroatoms. The molecule has 0 bridgehead atoms. The summed E-state index contributed by atoms with van der Waals surface area (Å²) in [7, 11) is -4.37. The van der Waals surface area contributed by atoms with Gasteiger partial charge in [0.15, 0.2) is 10.9 Å². The van der Waals surface area contributed by atoms with E-state index in [1.165, 1.54) is 12.1 Å². The van der Waals surface area contributed by atoms with Crippen molar-refractivity contribution in [3.8, 4) is 21.7 Å². The Kier molecular flexibility index (Phi) is 8.32. The summed E-state index contributed by atoms with van der Waals surface area (Å²) in [6.07, 6.45) is -4.49. The van der Waals surface area contributed by atoms with Crippen molar-refractivity contribution in [1.82, 2.24) is 4.98 Å². The van der Waals surface area contributed by atoms with E-state index in [2.05, 4.69) is 14.4 Å². The van der Waals surface area contributed by atoms with Gasteiger partial charge < -0.3 is 5.73 Å². The van der Waals surface area contributed by atoms with Crippen molar-refractivity contribution in [2.75, 3.05) is 10.5 Å². The van der Waals surface area contributed by atoms with Crippen LogP contribution >= 0.6 is 11.3 Å². The maximum absolute atomic E-state index is 14.6. The van der Waals surface area contributed by atoms with Crippen molar-refractivity contribution >= 4 is 32.2 Å². The second-order valence-corrected chi connectivity index (χ2v) is 13.2. The molecule has 0 saturated heterocycles. The highest BCUT2D eigenvalue weighted by Gasteiger charge is 2.37. The third kappa shape index (κ3) is 6.45. The van der Waals surface area contributed by atoms with Crippen LogP contribution < -0.4 is 10.5 Å². The molecule has 1 aliphatic rings. The number of anilines is 2. The first-order valence-corrected chi connectivity index (χ1v) is 15.6. The van der Waals surface area contributed by atoms with Crippen molar-refractivity contribution in [2.45, 2.75) is 62.3 Å². The van der Waals surface area contributed by atoms with Gasteiger partial charge in [0, 0.05) is 5.56 Å². The largest absolute Gasteiger partial charge is 0.522 e. The number of aromatic nitrogens is 1. The van der Waals surface area contributed by atoms with Crippen LogP contribution in [0.15, 0.2) is 71.6 Å². The maximum Gasteiger partial charge on any atom is 0.522 e. The van der Waals surface area contributed by atoms with Gasteiger partial charge in [0.05, 0.1) is 22.4 Å². The normalized spacial score (nSPS) is 17.6. The van der Waals surface area contributed by atoms with Crippen LogP contribution in [0.2, 0.25) is 0 Å². The molecule has 1 fully saturated rings. The van der Waals surface area contributed by atoms with E-state index in [0.29, 0.717) is 23.4 Å². The lowest BCUT2D eigenvalue weighted by Crippen LogP contribution is -2.21. The van der Waals surface area contributed by atoms with Gasteiger partial charge in [0.2, 0.25) is 0 Å². The fourth-order valence-electron chi connectivity index (χ4n) is 5.34. The van der Waals surface area contributed by atoms with Crippen molar-refractivity contribution in [2.24, 2.45) is 0 Å². The zero-order chi connectivity index (χ0) is 30.2. The molecule has 1 heterocycles. The SMILES string of the molecule is CC(C)c1ccccc1-c1nc(NS(=O)(=O)c2cccc(N)c2F)sc1-c1cccc([C@@H]2CC[C@@H](OC(F)(F)F)C2)c1. The summed E-state index contributed by atoms with van der Waals surface area (Å²) in [6.45, 7) is 4.08. The Morgan fingerprint density at radius 1 is 1.05 bits per heavy atom. The molecule has 3 aromatic carbocycles. The number of sulfonamides is 1. The summed E-state index contributed by atoms with van der Waals surface area (Å²) in [5, 5.41) is 0.0327. The number of hydrogen-bond acceptors (Lipinski definition) is 6. The van der Waals surface area contributed by atoms with Crippen molar-refractivity contribution in [1.29, 1.82) is 0 Å². The predicted octanol–water partition coefficient (Wildman–Crippen LogP) is 8.30. The molecule has 42 heavy (non-hydrogen) atoms. The van der Waals surface area contributed by atoms with E-state index in [0.717, 1.165) is 39.7 Å². The third-order valence-electron chi connectivity index (χ3n) is 7.27. The van der Waals surface area contributed by atoms with Crippen LogP contribution in [-0.4, -0.2) is 25.9 Å². The van der Waals surface area contributed by atoms with E-state index in [1.807, 2.05) is 62.4 Å². The predicted molar refractivity (Wildman–Crippen MR) is 156 cm³/mol. The summed E-state index contributed by atoms with van der Waals surface area (Å²) < 4.78 is 86.0. The number of nitrogens with zero attached hydrogens (tertiary/aromatic N) is 1. The molecule has 1 aliphatic carbocycles. The lowest BCUT2D eigenvalue weighted by atomic mass is 9.92. The van der Waals surface area contributed by atoms with Crippen LogP contribution in [0, 0.1) is 5.82 Å². The molecule has 222 valence electrons.